The SMILES string of the molecule is CCN1CCC(CNC(=O)NC2CCOC2)CC1. The Morgan fingerprint density at radius 3 is 2.72 bits per heavy atom. The lowest BCUT2D eigenvalue weighted by molar-refractivity contribution is 0.183. The summed E-state index contributed by atoms with van der Waals surface area (Å²) in [4.78, 5) is 14.1. The van der Waals surface area contributed by atoms with Crippen LogP contribution in [-0.4, -0.2) is 56.4 Å². The van der Waals surface area contributed by atoms with Crippen LogP contribution in [-0.2, 0) is 4.74 Å². The van der Waals surface area contributed by atoms with E-state index < -0.39 is 0 Å². The smallest absolute Gasteiger partial charge is 0.315 e. The number of carbonyl (C=O) groups is 1. The van der Waals surface area contributed by atoms with Crippen LogP contribution in [0, 0.1) is 5.92 Å². The molecule has 104 valence electrons. The van der Waals surface area contributed by atoms with E-state index in [2.05, 4.69) is 22.5 Å². The second kappa shape index (κ2) is 6.95. The van der Waals surface area contributed by atoms with Crippen molar-refractivity contribution >= 4 is 6.03 Å². The van der Waals surface area contributed by atoms with Crippen molar-refractivity contribution in [2.75, 3.05) is 39.4 Å². The monoisotopic (exact) mass is 255 g/mol. The highest BCUT2D eigenvalue weighted by Crippen LogP contribution is 2.15. The zero-order valence-corrected chi connectivity index (χ0v) is 11.3. The molecule has 0 aromatic carbocycles. The van der Waals surface area contributed by atoms with Crippen LogP contribution < -0.4 is 10.6 Å². The van der Waals surface area contributed by atoms with Gasteiger partial charge in [0.25, 0.3) is 0 Å². The lowest BCUT2D eigenvalue weighted by atomic mass is 9.97. The molecule has 0 aromatic heterocycles. The summed E-state index contributed by atoms with van der Waals surface area (Å²) in [5.41, 5.74) is 0. The normalized spacial score (nSPS) is 26.2. The van der Waals surface area contributed by atoms with Crippen molar-refractivity contribution < 1.29 is 9.53 Å². The summed E-state index contributed by atoms with van der Waals surface area (Å²) in [5.74, 6) is 0.637. The molecule has 5 heteroatoms. The van der Waals surface area contributed by atoms with Crippen molar-refractivity contribution in [2.24, 2.45) is 5.92 Å². The number of carbonyl (C=O) groups excluding carboxylic acids is 1. The maximum atomic E-state index is 11.7. The van der Waals surface area contributed by atoms with Crippen molar-refractivity contribution in [3.63, 3.8) is 0 Å². The third-order valence-electron chi connectivity index (χ3n) is 3.97. The predicted molar refractivity (Wildman–Crippen MR) is 70.6 cm³/mol. The third kappa shape index (κ3) is 4.14. The van der Waals surface area contributed by atoms with E-state index in [4.69, 9.17) is 4.74 Å². The summed E-state index contributed by atoms with van der Waals surface area (Å²) in [5, 5.41) is 5.94. The van der Waals surface area contributed by atoms with Gasteiger partial charge in [0.15, 0.2) is 0 Å². The molecule has 2 saturated heterocycles. The molecule has 0 aromatic rings. The second-order valence-electron chi connectivity index (χ2n) is 5.29. The topological polar surface area (TPSA) is 53.6 Å². The summed E-state index contributed by atoms with van der Waals surface area (Å²) in [6.07, 6.45) is 3.32. The summed E-state index contributed by atoms with van der Waals surface area (Å²) in [6, 6.07) is 0.162. The van der Waals surface area contributed by atoms with Crippen molar-refractivity contribution in [1.82, 2.24) is 15.5 Å². The molecule has 2 N–H and O–H groups in total. The average Bonchev–Trinajstić information content (AvgIpc) is 2.90. The van der Waals surface area contributed by atoms with E-state index >= 15 is 0 Å². The standard InChI is InChI=1S/C13H25N3O2/c1-2-16-6-3-11(4-7-16)9-14-13(17)15-12-5-8-18-10-12/h11-12H,2-10H2,1H3,(H2,14,15,17). The molecule has 2 rings (SSSR count). The van der Waals surface area contributed by atoms with E-state index in [0.29, 0.717) is 12.5 Å². The van der Waals surface area contributed by atoms with Gasteiger partial charge in [0, 0.05) is 13.2 Å². The molecular weight excluding hydrogens is 230 g/mol. The Morgan fingerprint density at radius 1 is 1.33 bits per heavy atom. The van der Waals surface area contributed by atoms with Gasteiger partial charge in [-0.3, -0.25) is 0 Å². The number of urea groups is 1. The van der Waals surface area contributed by atoms with Gasteiger partial charge in [-0.15, -0.1) is 0 Å². The highest BCUT2D eigenvalue weighted by atomic mass is 16.5. The minimum atomic E-state index is -0.0385. The van der Waals surface area contributed by atoms with Gasteiger partial charge in [0.2, 0.25) is 0 Å². The Bertz CT molecular complexity index is 259. The molecule has 0 bridgehead atoms. The summed E-state index contributed by atoms with van der Waals surface area (Å²) in [7, 11) is 0. The number of ether oxygens (including phenoxy) is 1. The maximum absolute atomic E-state index is 11.7. The fraction of sp³-hybridized carbons (Fsp3) is 0.923. The van der Waals surface area contributed by atoms with Gasteiger partial charge in [0.1, 0.15) is 0 Å². The Kier molecular flexibility index (Phi) is 5.26. The largest absolute Gasteiger partial charge is 0.379 e. The molecule has 0 saturated carbocycles. The van der Waals surface area contributed by atoms with Gasteiger partial charge in [-0.25, -0.2) is 4.79 Å². The van der Waals surface area contributed by atoms with Crippen molar-refractivity contribution in [1.29, 1.82) is 0 Å². The second-order valence-corrected chi connectivity index (χ2v) is 5.29. The lowest BCUT2D eigenvalue weighted by Crippen LogP contribution is -2.45. The fourth-order valence-electron chi connectivity index (χ4n) is 2.63. The van der Waals surface area contributed by atoms with Crippen LogP contribution in [0.15, 0.2) is 0 Å². The lowest BCUT2D eigenvalue weighted by Gasteiger charge is -2.31. The summed E-state index contributed by atoms with van der Waals surface area (Å²) >= 11 is 0. The van der Waals surface area contributed by atoms with E-state index in [-0.39, 0.29) is 12.1 Å². The van der Waals surface area contributed by atoms with Gasteiger partial charge in [-0.2, -0.15) is 0 Å². The van der Waals surface area contributed by atoms with Crippen LogP contribution in [0.2, 0.25) is 0 Å². The molecule has 0 aliphatic carbocycles. The van der Waals surface area contributed by atoms with Crippen molar-refractivity contribution in [3.8, 4) is 0 Å². The van der Waals surface area contributed by atoms with Gasteiger partial charge in [0.05, 0.1) is 12.6 Å². The quantitative estimate of drug-likeness (QED) is 0.781. The minimum Gasteiger partial charge on any atom is -0.379 e. The number of hydrogen-bond acceptors (Lipinski definition) is 3. The molecule has 2 fully saturated rings. The van der Waals surface area contributed by atoms with E-state index in [9.17, 15) is 4.79 Å². The zero-order valence-electron chi connectivity index (χ0n) is 11.3. The molecule has 1 atom stereocenters. The molecular formula is C13H25N3O2. The van der Waals surface area contributed by atoms with Gasteiger partial charge in [-0.1, -0.05) is 6.92 Å². The first-order chi connectivity index (χ1) is 8.78. The Balaban J connectivity index is 1.58. The van der Waals surface area contributed by atoms with E-state index in [1.165, 1.54) is 25.9 Å². The van der Waals surface area contributed by atoms with E-state index in [0.717, 1.165) is 26.1 Å². The summed E-state index contributed by atoms with van der Waals surface area (Å²) in [6.45, 7) is 7.90. The molecule has 0 radical (unpaired) electrons. The first-order valence-electron chi connectivity index (χ1n) is 7.12. The average molecular weight is 255 g/mol. The molecule has 2 amide bonds. The Morgan fingerprint density at radius 2 is 2.11 bits per heavy atom. The molecule has 0 spiro atoms. The van der Waals surface area contributed by atoms with Crippen LogP contribution in [0.1, 0.15) is 26.2 Å². The first-order valence-corrected chi connectivity index (χ1v) is 7.12. The number of amides is 2. The van der Waals surface area contributed by atoms with Gasteiger partial charge in [-0.05, 0) is 44.8 Å². The van der Waals surface area contributed by atoms with Gasteiger partial charge < -0.3 is 20.3 Å². The Hall–Kier alpha value is -0.810. The van der Waals surface area contributed by atoms with Crippen molar-refractivity contribution in [3.05, 3.63) is 0 Å². The maximum Gasteiger partial charge on any atom is 0.315 e. The number of likely N-dealkylation sites (tertiary alicyclic amines) is 1. The van der Waals surface area contributed by atoms with Crippen LogP contribution in [0.3, 0.4) is 0 Å². The zero-order chi connectivity index (χ0) is 12.8. The number of nitrogens with one attached hydrogen (secondary N) is 2. The number of rotatable bonds is 4. The van der Waals surface area contributed by atoms with Crippen LogP contribution >= 0.6 is 0 Å². The third-order valence-corrected chi connectivity index (χ3v) is 3.97. The van der Waals surface area contributed by atoms with Crippen molar-refractivity contribution in [2.45, 2.75) is 32.2 Å². The summed E-state index contributed by atoms with van der Waals surface area (Å²) < 4.78 is 5.23. The molecule has 5 nitrogen and oxygen atoms in total. The number of piperidine rings is 1. The number of hydrogen-bond donors (Lipinski definition) is 2. The molecule has 1 unspecified atom stereocenters. The molecule has 2 aliphatic rings. The molecule has 2 heterocycles. The van der Waals surface area contributed by atoms with E-state index in [1.807, 2.05) is 0 Å². The Labute approximate surface area is 109 Å². The fourth-order valence-corrected chi connectivity index (χ4v) is 2.63. The van der Waals surface area contributed by atoms with Crippen LogP contribution in [0.25, 0.3) is 0 Å². The number of nitrogens with zero attached hydrogens (tertiary/aromatic N) is 1. The van der Waals surface area contributed by atoms with E-state index in [1.54, 1.807) is 0 Å². The first kappa shape index (κ1) is 13.6. The minimum absolute atomic E-state index is 0.0385. The highest BCUT2D eigenvalue weighted by molar-refractivity contribution is 5.74. The molecule has 2 aliphatic heterocycles. The predicted octanol–water partition coefficient (Wildman–Crippen LogP) is 0.806. The highest BCUT2D eigenvalue weighted by Gasteiger charge is 2.20. The van der Waals surface area contributed by atoms with Crippen LogP contribution in [0.5, 0.6) is 0 Å². The van der Waals surface area contributed by atoms with Crippen LogP contribution in [0.4, 0.5) is 4.79 Å². The molecule has 18 heavy (non-hydrogen) atoms. The van der Waals surface area contributed by atoms with Gasteiger partial charge >= 0.3 is 6.03 Å².